The molecular weight excluding hydrogens is 192 g/mol. The van der Waals surface area contributed by atoms with Gasteiger partial charge in [0.05, 0.1) is 0 Å². The van der Waals surface area contributed by atoms with Crippen molar-refractivity contribution >= 4 is 16.9 Å². The monoisotopic (exact) mass is 212 g/mol. The Balaban J connectivity index is 1.84. The quantitative estimate of drug-likeness (QED) is 0.760. The Kier molecular flexibility index (Phi) is 2.78. The fraction of sp³-hybridized carbons (Fsp3) is 0.909. The zero-order valence-corrected chi connectivity index (χ0v) is 10.2. The Morgan fingerprint density at radius 2 is 2.14 bits per heavy atom. The minimum atomic E-state index is 0.351. The number of hydrogen-bond donors (Lipinski definition) is 1. The number of rotatable bonds is 2. The van der Waals surface area contributed by atoms with E-state index in [4.69, 9.17) is 0 Å². The highest BCUT2D eigenvalue weighted by atomic mass is 32.2. The van der Waals surface area contributed by atoms with Crippen LogP contribution in [0.15, 0.2) is 4.99 Å². The van der Waals surface area contributed by atoms with E-state index in [1.165, 1.54) is 23.8 Å². The fourth-order valence-corrected chi connectivity index (χ4v) is 2.76. The first-order chi connectivity index (χ1) is 6.55. The summed E-state index contributed by atoms with van der Waals surface area (Å²) in [4.78, 5) is 4.62. The molecule has 1 saturated heterocycles. The van der Waals surface area contributed by atoms with Crippen molar-refractivity contribution in [3.63, 3.8) is 0 Å². The summed E-state index contributed by atoms with van der Waals surface area (Å²) in [5.74, 6) is 2.08. The molecule has 0 aromatic rings. The van der Waals surface area contributed by atoms with Crippen LogP contribution in [-0.4, -0.2) is 23.5 Å². The van der Waals surface area contributed by atoms with Crippen molar-refractivity contribution in [2.45, 2.75) is 39.7 Å². The summed E-state index contributed by atoms with van der Waals surface area (Å²) < 4.78 is 0. The highest BCUT2D eigenvalue weighted by molar-refractivity contribution is 8.14. The van der Waals surface area contributed by atoms with Crippen LogP contribution in [0, 0.1) is 11.3 Å². The van der Waals surface area contributed by atoms with Crippen LogP contribution in [0.2, 0.25) is 0 Å². The van der Waals surface area contributed by atoms with E-state index >= 15 is 0 Å². The lowest BCUT2D eigenvalue weighted by Gasteiger charge is -2.26. The summed E-state index contributed by atoms with van der Waals surface area (Å²) in [6, 6.07) is 0.588. The van der Waals surface area contributed by atoms with Crippen LogP contribution in [0.4, 0.5) is 0 Å². The van der Waals surface area contributed by atoms with Gasteiger partial charge in [0.25, 0.3) is 0 Å². The number of nitrogens with one attached hydrogen (secondary N) is 1. The molecule has 80 valence electrons. The average Bonchev–Trinajstić information content (AvgIpc) is 2.77. The standard InChI is InChI=1S/C11H20N2S/c1-11(2,3)9-7-14-10(13-9)12-6-8-4-5-8/h8-9H,4-7H2,1-3H3,(H,12,13). The molecule has 0 radical (unpaired) electrons. The molecular formula is C11H20N2S. The maximum Gasteiger partial charge on any atom is 0.156 e. The smallest absolute Gasteiger partial charge is 0.156 e. The highest BCUT2D eigenvalue weighted by Gasteiger charge is 2.31. The Bertz CT molecular complexity index is 238. The predicted molar refractivity (Wildman–Crippen MR) is 63.9 cm³/mol. The van der Waals surface area contributed by atoms with Crippen molar-refractivity contribution in [1.29, 1.82) is 0 Å². The topological polar surface area (TPSA) is 24.4 Å². The van der Waals surface area contributed by atoms with Crippen LogP contribution in [0.25, 0.3) is 0 Å². The number of nitrogens with zero attached hydrogens (tertiary/aromatic N) is 1. The second-order valence-electron chi connectivity index (χ2n) is 5.46. The summed E-state index contributed by atoms with van der Waals surface area (Å²) in [6.45, 7) is 7.91. The first-order valence-electron chi connectivity index (χ1n) is 5.49. The van der Waals surface area contributed by atoms with Gasteiger partial charge in [-0.1, -0.05) is 32.5 Å². The molecule has 1 unspecified atom stereocenters. The summed E-state index contributed by atoms with van der Waals surface area (Å²) in [6.07, 6.45) is 2.79. The minimum Gasteiger partial charge on any atom is -0.361 e. The van der Waals surface area contributed by atoms with Crippen molar-refractivity contribution in [3.8, 4) is 0 Å². The molecule has 0 spiro atoms. The summed E-state index contributed by atoms with van der Waals surface area (Å²) in [7, 11) is 0. The number of amidine groups is 1. The van der Waals surface area contributed by atoms with Crippen LogP contribution >= 0.6 is 11.8 Å². The van der Waals surface area contributed by atoms with Gasteiger partial charge in [0.1, 0.15) is 0 Å². The Hall–Kier alpha value is -0.180. The summed E-state index contributed by atoms with van der Waals surface area (Å²) in [5, 5.41) is 4.70. The van der Waals surface area contributed by atoms with E-state index < -0.39 is 0 Å². The van der Waals surface area contributed by atoms with E-state index in [0.717, 1.165) is 12.5 Å². The van der Waals surface area contributed by atoms with Gasteiger partial charge in [0.15, 0.2) is 5.17 Å². The van der Waals surface area contributed by atoms with Crippen LogP contribution < -0.4 is 5.32 Å². The molecule has 0 amide bonds. The molecule has 0 aromatic heterocycles. The highest BCUT2D eigenvalue weighted by Crippen LogP contribution is 2.31. The third-order valence-electron chi connectivity index (χ3n) is 2.92. The average molecular weight is 212 g/mol. The maximum atomic E-state index is 4.62. The van der Waals surface area contributed by atoms with Gasteiger partial charge in [-0.2, -0.15) is 0 Å². The van der Waals surface area contributed by atoms with Crippen molar-refractivity contribution < 1.29 is 0 Å². The predicted octanol–water partition coefficient (Wildman–Crippen LogP) is 2.50. The van der Waals surface area contributed by atoms with E-state index in [1.54, 1.807) is 0 Å². The molecule has 1 N–H and O–H groups in total. The molecule has 2 nitrogen and oxygen atoms in total. The molecule has 1 aliphatic carbocycles. The lowest BCUT2D eigenvalue weighted by molar-refractivity contribution is 0.326. The van der Waals surface area contributed by atoms with Gasteiger partial charge in [-0.05, 0) is 24.2 Å². The minimum absolute atomic E-state index is 0.351. The van der Waals surface area contributed by atoms with Crippen molar-refractivity contribution in [1.82, 2.24) is 5.32 Å². The van der Waals surface area contributed by atoms with E-state index in [-0.39, 0.29) is 0 Å². The summed E-state index contributed by atoms with van der Waals surface area (Å²) >= 11 is 1.89. The van der Waals surface area contributed by atoms with Crippen molar-refractivity contribution in [3.05, 3.63) is 0 Å². The molecule has 1 saturated carbocycles. The van der Waals surface area contributed by atoms with Crippen molar-refractivity contribution in [2.24, 2.45) is 16.3 Å². The second-order valence-corrected chi connectivity index (χ2v) is 6.47. The number of thioether (sulfide) groups is 1. The van der Waals surface area contributed by atoms with Gasteiger partial charge in [0, 0.05) is 18.3 Å². The zero-order chi connectivity index (χ0) is 10.2. The van der Waals surface area contributed by atoms with Gasteiger partial charge in [-0.3, -0.25) is 4.99 Å². The van der Waals surface area contributed by atoms with Crippen LogP contribution in [0.3, 0.4) is 0 Å². The van der Waals surface area contributed by atoms with Gasteiger partial charge in [-0.15, -0.1) is 0 Å². The fourth-order valence-electron chi connectivity index (χ4n) is 1.46. The van der Waals surface area contributed by atoms with E-state index in [1.807, 2.05) is 11.8 Å². The Labute approximate surface area is 90.9 Å². The van der Waals surface area contributed by atoms with Crippen LogP contribution in [0.1, 0.15) is 33.6 Å². The SMILES string of the molecule is CC(C)(C)C1CSC(=NCC2CC2)N1. The summed E-state index contributed by atoms with van der Waals surface area (Å²) in [5.41, 5.74) is 0.351. The molecule has 1 heterocycles. The van der Waals surface area contributed by atoms with Gasteiger partial charge in [-0.25, -0.2) is 0 Å². The van der Waals surface area contributed by atoms with E-state index in [0.29, 0.717) is 11.5 Å². The number of hydrogen-bond acceptors (Lipinski definition) is 2. The lowest BCUT2D eigenvalue weighted by atomic mass is 9.88. The molecule has 2 fully saturated rings. The zero-order valence-electron chi connectivity index (χ0n) is 9.34. The molecule has 2 aliphatic rings. The van der Waals surface area contributed by atoms with Crippen LogP contribution in [0.5, 0.6) is 0 Å². The molecule has 14 heavy (non-hydrogen) atoms. The van der Waals surface area contributed by atoms with Gasteiger partial charge in [0.2, 0.25) is 0 Å². The third-order valence-corrected chi connectivity index (χ3v) is 3.94. The first-order valence-corrected chi connectivity index (χ1v) is 6.48. The molecule has 3 heteroatoms. The van der Waals surface area contributed by atoms with E-state index in [9.17, 15) is 0 Å². The Morgan fingerprint density at radius 1 is 1.43 bits per heavy atom. The second kappa shape index (κ2) is 3.76. The molecule has 0 bridgehead atoms. The maximum absolute atomic E-state index is 4.62. The first kappa shape index (κ1) is 10.3. The van der Waals surface area contributed by atoms with Gasteiger partial charge < -0.3 is 5.32 Å². The molecule has 0 aromatic carbocycles. The largest absolute Gasteiger partial charge is 0.361 e. The normalized spacial score (nSPS) is 30.8. The molecule has 1 atom stereocenters. The van der Waals surface area contributed by atoms with Crippen molar-refractivity contribution in [2.75, 3.05) is 12.3 Å². The van der Waals surface area contributed by atoms with E-state index in [2.05, 4.69) is 31.1 Å². The number of aliphatic imine (C=N–C) groups is 1. The molecule has 2 rings (SSSR count). The Morgan fingerprint density at radius 3 is 2.64 bits per heavy atom. The third kappa shape index (κ3) is 2.66. The molecule has 1 aliphatic heterocycles. The van der Waals surface area contributed by atoms with Gasteiger partial charge >= 0.3 is 0 Å². The van der Waals surface area contributed by atoms with Crippen LogP contribution in [-0.2, 0) is 0 Å². The lowest BCUT2D eigenvalue weighted by Crippen LogP contribution is -2.38.